The van der Waals surface area contributed by atoms with Crippen LogP contribution >= 0.6 is 0 Å². The number of amides is 1. The molecule has 32 heavy (non-hydrogen) atoms. The smallest absolute Gasteiger partial charge is 0.258 e. The van der Waals surface area contributed by atoms with Gasteiger partial charge in [0.05, 0.1) is 5.69 Å². The van der Waals surface area contributed by atoms with Gasteiger partial charge in [0.1, 0.15) is 5.82 Å². The molecular weight excluding hydrogens is 398 g/mol. The van der Waals surface area contributed by atoms with Crippen LogP contribution < -0.4 is 4.90 Å². The number of nitrogens with zero attached hydrogens (tertiary/aromatic N) is 3. The SMILES string of the molecule is CN(C(=O)c1cccc(-c2cn(CC3CCOCC3)c(C(C)(C)C)n2)c1)c1ccccc1. The van der Waals surface area contributed by atoms with Crippen molar-refractivity contribution in [2.75, 3.05) is 25.2 Å². The van der Waals surface area contributed by atoms with E-state index in [0.717, 1.165) is 55.4 Å². The lowest BCUT2D eigenvalue weighted by Gasteiger charge is -2.25. The van der Waals surface area contributed by atoms with Gasteiger partial charge in [0.2, 0.25) is 0 Å². The minimum absolute atomic E-state index is 0.0317. The Labute approximate surface area is 191 Å². The van der Waals surface area contributed by atoms with Crippen LogP contribution in [0, 0.1) is 5.92 Å². The van der Waals surface area contributed by atoms with Crippen LogP contribution in [-0.2, 0) is 16.7 Å². The molecule has 2 aromatic carbocycles. The van der Waals surface area contributed by atoms with Crippen molar-refractivity contribution in [2.24, 2.45) is 5.92 Å². The molecule has 5 nitrogen and oxygen atoms in total. The van der Waals surface area contributed by atoms with E-state index < -0.39 is 0 Å². The number of ether oxygens (including phenoxy) is 1. The van der Waals surface area contributed by atoms with E-state index in [4.69, 9.17) is 9.72 Å². The molecule has 2 heterocycles. The number of para-hydroxylation sites is 1. The van der Waals surface area contributed by atoms with Crippen LogP contribution in [0.4, 0.5) is 5.69 Å². The van der Waals surface area contributed by atoms with E-state index in [-0.39, 0.29) is 11.3 Å². The lowest BCUT2D eigenvalue weighted by molar-refractivity contribution is 0.0607. The zero-order valence-corrected chi connectivity index (χ0v) is 19.5. The number of carbonyl (C=O) groups is 1. The molecule has 1 saturated heterocycles. The zero-order valence-electron chi connectivity index (χ0n) is 19.5. The first-order chi connectivity index (χ1) is 15.3. The number of hydrogen-bond donors (Lipinski definition) is 0. The maximum absolute atomic E-state index is 13.1. The van der Waals surface area contributed by atoms with Crippen LogP contribution in [0.15, 0.2) is 60.8 Å². The molecule has 1 amide bonds. The van der Waals surface area contributed by atoms with Crippen molar-refractivity contribution in [3.8, 4) is 11.3 Å². The van der Waals surface area contributed by atoms with E-state index >= 15 is 0 Å². The first-order valence-corrected chi connectivity index (χ1v) is 11.4. The summed E-state index contributed by atoms with van der Waals surface area (Å²) in [4.78, 5) is 19.8. The van der Waals surface area contributed by atoms with Gasteiger partial charge in [-0.25, -0.2) is 4.98 Å². The van der Waals surface area contributed by atoms with Gasteiger partial charge >= 0.3 is 0 Å². The Morgan fingerprint density at radius 2 is 1.81 bits per heavy atom. The number of anilines is 1. The standard InChI is InChI=1S/C27H33N3O2/c1-27(2,3)26-28-24(19-30(26)18-20-13-15-32-16-14-20)21-9-8-10-22(17-21)25(31)29(4)23-11-6-5-7-12-23/h5-12,17,19-20H,13-16,18H2,1-4H3. The lowest BCUT2D eigenvalue weighted by Crippen LogP contribution is -2.26. The molecule has 3 aromatic rings. The fourth-order valence-corrected chi connectivity index (χ4v) is 4.27. The molecule has 0 bridgehead atoms. The third-order valence-electron chi connectivity index (χ3n) is 6.10. The normalized spacial score (nSPS) is 15.0. The van der Waals surface area contributed by atoms with Crippen molar-refractivity contribution < 1.29 is 9.53 Å². The van der Waals surface area contributed by atoms with Crippen molar-refractivity contribution in [3.63, 3.8) is 0 Å². The van der Waals surface area contributed by atoms with Crippen LogP contribution in [0.3, 0.4) is 0 Å². The molecule has 4 rings (SSSR count). The van der Waals surface area contributed by atoms with Gasteiger partial charge in [-0.3, -0.25) is 4.79 Å². The summed E-state index contributed by atoms with van der Waals surface area (Å²) in [5.41, 5.74) is 3.35. The predicted octanol–water partition coefficient (Wildman–Crippen LogP) is 5.55. The topological polar surface area (TPSA) is 47.4 Å². The summed E-state index contributed by atoms with van der Waals surface area (Å²) in [6.07, 6.45) is 4.33. The van der Waals surface area contributed by atoms with Gasteiger partial charge < -0.3 is 14.2 Å². The summed E-state index contributed by atoms with van der Waals surface area (Å²) >= 11 is 0. The van der Waals surface area contributed by atoms with E-state index in [2.05, 4.69) is 31.5 Å². The molecule has 1 aromatic heterocycles. The molecule has 0 saturated carbocycles. The molecule has 5 heteroatoms. The van der Waals surface area contributed by atoms with Crippen LogP contribution in [0.2, 0.25) is 0 Å². The largest absolute Gasteiger partial charge is 0.381 e. The maximum atomic E-state index is 13.1. The second-order valence-corrected chi connectivity index (χ2v) is 9.69. The van der Waals surface area contributed by atoms with Gasteiger partial charge in [-0.2, -0.15) is 0 Å². The predicted molar refractivity (Wildman–Crippen MR) is 129 cm³/mol. The average molecular weight is 432 g/mol. The van der Waals surface area contributed by atoms with E-state index in [9.17, 15) is 4.79 Å². The number of imidazole rings is 1. The Morgan fingerprint density at radius 3 is 2.50 bits per heavy atom. The van der Waals surface area contributed by atoms with Crippen LogP contribution in [0.25, 0.3) is 11.3 Å². The fraction of sp³-hybridized carbons (Fsp3) is 0.407. The molecule has 168 valence electrons. The molecule has 0 spiro atoms. The Morgan fingerprint density at radius 1 is 1.09 bits per heavy atom. The van der Waals surface area contributed by atoms with Gasteiger partial charge in [0.15, 0.2) is 0 Å². The van der Waals surface area contributed by atoms with Crippen LogP contribution in [0.1, 0.15) is 49.8 Å². The number of carbonyl (C=O) groups excluding carboxylic acids is 1. The monoisotopic (exact) mass is 431 g/mol. The first kappa shape index (κ1) is 22.3. The average Bonchev–Trinajstić information content (AvgIpc) is 3.24. The van der Waals surface area contributed by atoms with Gasteiger partial charge in [0.25, 0.3) is 5.91 Å². The minimum Gasteiger partial charge on any atom is -0.381 e. The Kier molecular flexibility index (Phi) is 6.47. The molecule has 0 radical (unpaired) electrons. The highest BCUT2D eigenvalue weighted by Crippen LogP contribution is 2.29. The second kappa shape index (κ2) is 9.29. The van der Waals surface area contributed by atoms with Gasteiger partial charge in [-0.05, 0) is 43.0 Å². The summed E-state index contributed by atoms with van der Waals surface area (Å²) < 4.78 is 7.85. The number of rotatable bonds is 5. The molecule has 1 aliphatic heterocycles. The number of benzene rings is 2. The first-order valence-electron chi connectivity index (χ1n) is 11.4. The summed E-state index contributed by atoms with van der Waals surface area (Å²) in [7, 11) is 1.81. The van der Waals surface area contributed by atoms with Gasteiger partial charge in [0, 0.05) is 55.2 Å². The van der Waals surface area contributed by atoms with Crippen molar-refractivity contribution in [1.82, 2.24) is 9.55 Å². The quantitative estimate of drug-likeness (QED) is 0.532. The minimum atomic E-state index is -0.0651. The molecule has 0 aliphatic carbocycles. The van der Waals surface area contributed by atoms with Crippen molar-refractivity contribution in [2.45, 2.75) is 45.6 Å². The highest BCUT2D eigenvalue weighted by atomic mass is 16.5. The molecule has 1 aliphatic rings. The molecule has 0 unspecified atom stereocenters. The van der Waals surface area contributed by atoms with Gasteiger partial charge in [-0.1, -0.05) is 51.1 Å². The van der Waals surface area contributed by atoms with Crippen molar-refractivity contribution >= 4 is 11.6 Å². The molecule has 1 fully saturated rings. The van der Waals surface area contributed by atoms with E-state index in [1.54, 1.807) is 4.90 Å². The zero-order chi connectivity index (χ0) is 22.7. The highest BCUT2D eigenvalue weighted by Gasteiger charge is 2.25. The van der Waals surface area contributed by atoms with Crippen molar-refractivity contribution in [1.29, 1.82) is 0 Å². The third kappa shape index (κ3) is 4.94. The van der Waals surface area contributed by atoms with Gasteiger partial charge in [-0.15, -0.1) is 0 Å². The third-order valence-corrected chi connectivity index (χ3v) is 6.10. The van der Waals surface area contributed by atoms with Crippen molar-refractivity contribution in [3.05, 3.63) is 72.2 Å². The summed E-state index contributed by atoms with van der Waals surface area (Å²) in [5.74, 6) is 1.66. The maximum Gasteiger partial charge on any atom is 0.258 e. The highest BCUT2D eigenvalue weighted by molar-refractivity contribution is 6.06. The Bertz CT molecular complexity index is 1060. The van der Waals surface area contributed by atoms with E-state index in [0.29, 0.717) is 11.5 Å². The van der Waals surface area contributed by atoms with Crippen LogP contribution in [-0.4, -0.2) is 35.7 Å². The Balaban J connectivity index is 1.63. The Hall–Kier alpha value is -2.92. The van der Waals surface area contributed by atoms with Crippen LogP contribution in [0.5, 0.6) is 0 Å². The molecule has 0 atom stereocenters. The van der Waals surface area contributed by atoms with E-state index in [1.807, 2.05) is 61.6 Å². The van der Waals surface area contributed by atoms with E-state index in [1.165, 1.54) is 0 Å². The molecular formula is C27H33N3O2. The fourth-order valence-electron chi connectivity index (χ4n) is 4.27. The number of hydrogen-bond acceptors (Lipinski definition) is 3. The summed E-state index contributed by atoms with van der Waals surface area (Å²) in [6, 6.07) is 17.5. The second-order valence-electron chi connectivity index (χ2n) is 9.69. The lowest BCUT2D eigenvalue weighted by atomic mass is 9.94. The summed E-state index contributed by atoms with van der Waals surface area (Å²) in [6.45, 7) is 9.25. The number of aromatic nitrogens is 2. The molecule has 0 N–H and O–H groups in total. The summed E-state index contributed by atoms with van der Waals surface area (Å²) in [5, 5.41) is 0.